The fourth-order valence-electron chi connectivity index (χ4n) is 4.16. The van der Waals surface area contributed by atoms with Crippen LogP contribution < -0.4 is 21.1 Å². The molecule has 222 valence electrons. The lowest BCUT2D eigenvalue weighted by atomic mass is 10.00. The fourth-order valence-corrected chi connectivity index (χ4v) is 4.57. The molecular formula is C27H33F2N5O6S. The van der Waals surface area contributed by atoms with Crippen LogP contribution >= 0.6 is 0 Å². The molecule has 0 aliphatic heterocycles. The maximum Gasteiger partial charge on any atom is 0.309 e. The Bertz CT molecular complexity index is 1460. The SMILES string of the molecule is CCc1cccc(CNC[C@@H](O)[C@H](Cc2cc(F)cc(F)c2)NC(=O)Cc2nc(NS(C)(=O)=O)oc2CC(N)=O)c1. The minimum atomic E-state index is -3.77. The Morgan fingerprint density at radius 1 is 1.07 bits per heavy atom. The molecule has 1 heterocycles. The van der Waals surface area contributed by atoms with E-state index in [1.807, 2.05) is 35.9 Å². The van der Waals surface area contributed by atoms with Crippen molar-refractivity contribution in [2.75, 3.05) is 17.5 Å². The van der Waals surface area contributed by atoms with Crippen LogP contribution in [0.2, 0.25) is 0 Å². The number of aliphatic hydroxyl groups excluding tert-OH is 1. The normalized spacial score (nSPS) is 13.0. The van der Waals surface area contributed by atoms with Crippen molar-refractivity contribution in [1.82, 2.24) is 15.6 Å². The Balaban J connectivity index is 1.75. The van der Waals surface area contributed by atoms with Crippen LogP contribution in [0.1, 0.15) is 35.1 Å². The third-order valence-electron chi connectivity index (χ3n) is 5.98. The number of aryl methyl sites for hydroxylation is 1. The lowest BCUT2D eigenvalue weighted by Gasteiger charge is -2.25. The Hall–Kier alpha value is -3.88. The average Bonchev–Trinajstić information content (AvgIpc) is 3.20. The second kappa shape index (κ2) is 14.1. The second-order valence-corrected chi connectivity index (χ2v) is 11.4. The summed E-state index contributed by atoms with van der Waals surface area (Å²) in [6.07, 6.45) is -0.457. The van der Waals surface area contributed by atoms with Gasteiger partial charge in [-0.25, -0.2) is 21.9 Å². The van der Waals surface area contributed by atoms with Crippen molar-refractivity contribution in [1.29, 1.82) is 0 Å². The number of hydrogen-bond acceptors (Lipinski definition) is 8. The molecule has 0 fully saturated rings. The molecule has 3 rings (SSSR count). The number of aliphatic hydroxyl groups is 1. The largest absolute Gasteiger partial charge is 0.427 e. The van der Waals surface area contributed by atoms with Crippen LogP contribution in [0.15, 0.2) is 46.9 Å². The molecule has 11 nitrogen and oxygen atoms in total. The maximum absolute atomic E-state index is 13.8. The summed E-state index contributed by atoms with van der Waals surface area (Å²) in [6, 6.07) is 9.38. The van der Waals surface area contributed by atoms with Crippen LogP contribution in [0.25, 0.3) is 0 Å². The van der Waals surface area contributed by atoms with Crippen molar-refractivity contribution in [2.24, 2.45) is 5.73 Å². The van der Waals surface area contributed by atoms with E-state index in [9.17, 15) is 31.9 Å². The molecule has 14 heteroatoms. The molecule has 2 amide bonds. The molecule has 6 N–H and O–H groups in total. The number of nitrogens with zero attached hydrogens (tertiary/aromatic N) is 1. The van der Waals surface area contributed by atoms with Gasteiger partial charge >= 0.3 is 6.01 Å². The number of benzene rings is 2. The molecule has 0 bridgehead atoms. The first kappa shape index (κ1) is 31.6. The lowest BCUT2D eigenvalue weighted by Crippen LogP contribution is -2.49. The Labute approximate surface area is 236 Å². The molecule has 41 heavy (non-hydrogen) atoms. The Morgan fingerprint density at radius 2 is 1.76 bits per heavy atom. The quantitative estimate of drug-likeness (QED) is 0.175. The first-order valence-corrected chi connectivity index (χ1v) is 14.7. The van der Waals surface area contributed by atoms with Crippen molar-refractivity contribution in [3.05, 3.63) is 82.2 Å². The molecule has 3 aromatic rings. The Kier molecular flexibility index (Phi) is 10.9. The van der Waals surface area contributed by atoms with E-state index in [0.717, 1.165) is 35.9 Å². The van der Waals surface area contributed by atoms with Crippen molar-refractivity contribution in [3.63, 3.8) is 0 Å². The van der Waals surface area contributed by atoms with Gasteiger partial charge in [-0.3, -0.25) is 9.59 Å². The number of primary amides is 1. The molecule has 0 spiro atoms. The summed E-state index contributed by atoms with van der Waals surface area (Å²) in [7, 11) is -3.77. The molecular weight excluding hydrogens is 560 g/mol. The number of carbonyl (C=O) groups excluding carboxylic acids is 2. The molecule has 0 aliphatic carbocycles. The van der Waals surface area contributed by atoms with Crippen molar-refractivity contribution < 1.29 is 36.3 Å². The summed E-state index contributed by atoms with van der Waals surface area (Å²) < 4.78 is 58.1. The average molecular weight is 594 g/mol. The standard InChI is InChI=1S/C27H33F2N5O6S/c1-3-16-5-4-6-17(7-16)14-31-15-23(35)21(10-18-8-19(28)11-20(29)9-18)32-26(37)12-22-24(13-25(30)36)40-27(33-22)34-41(2,38)39/h4-9,11,21,23,31,35H,3,10,12-15H2,1-2H3,(H2,30,36)(H,32,37)(H,33,34)/t21-,23+/m0/s1. The van der Waals surface area contributed by atoms with Gasteiger partial charge in [-0.1, -0.05) is 31.2 Å². The highest BCUT2D eigenvalue weighted by Crippen LogP contribution is 2.18. The van der Waals surface area contributed by atoms with Gasteiger partial charge in [0.1, 0.15) is 17.4 Å². The molecule has 0 saturated heterocycles. The molecule has 0 radical (unpaired) electrons. The van der Waals surface area contributed by atoms with E-state index in [-0.39, 0.29) is 30.0 Å². The summed E-state index contributed by atoms with van der Waals surface area (Å²) >= 11 is 0. The minimum Gasteiger partial charge on any atom is -0.427 e. The van der Waals surface area contributed by atoms with Gasteiger partial charge in [0.15, 0.2) is 0 Å². The number of anilines is 1. The molecule has 2 aromatic carbocycles. The highest BCUT2D eigenvalue weighted by Gasteiger charge is 2.25. The first-order chi connectivity index (χ1) is 19.3. The van der Waals surface area contributed by atoms with Gasteiger partial charge in [-0.15, -0.1) is 0 Å². The predicted molar refractivity (Wildman–Crippen MR) is 147 cm³/mol. The van der Waals surface area contributed by atoms with Crippen LogP contribution in [0.3, 0.4) is 0 Å². The number of oxazole rings is 1. The van der Waals surface area contributed by atoms with E-state index in [0.29, 0.717) is 12.6 Å². The smallest absolute Gasteiger partial charge is 0.309 e. The highest BCUT2D eigenvalue weighted by molar-refractivity contribution is 7.91. The van der Waals surface area contributed by atoms with Gasteiger partial charge in [-0.2, -0.15) is 4.98 Å². The van der Waals surface area contributed by atoms with E-state index < -0.39 is 64.5 Å². The summed E-state index contributed by atoms with van der Waals surface area (Å²) in [5.41, 5.74) is 7.54. The monoisotopic (exact) mass is 593 g/mol. The molecule has 1 aromatic heterocycles. The summed E-state index contributed by atoms with van der Waals surface area (Å²) in [5.74, 6) is -3.20. The lowest BCUT2D eigenvalue weighted by molar-refractivity contribution is -0.122. The minimum absolute atomic E-state index is 0.0401. The zero-order valence-electron chi connectivity index (χ0n) is 22.6. The fraction of sp³-hybridized carbons (Fsp3) is 0.370. The topological polar surface area (TPSA) is 177 Å². The number of nitrogens with two attached hydrogens (primary N) is 1. The number of carbonyl (C=O) groups is 2. The van der Waals surface area contributed by atoms with Crippen molar-refractivity contribution in [3.8, 4) is 0 Å². The van der Waals surface area contributed by atoms with E-state index in [1.165, 1.54) is 0 Å². The van der Waals surface area contributed by atoms with Crippen LogP contribution in [-0.2, 0) is 51.8 Å². The zero-order chi connectivity index (χ0) is 30.2. The van der Waals surface area contributed by atoms with Crippen molar-refractivity contribution in [2.45, 2.75) is 51.3 Å². The molecule has 2 atom stereocenters. The third kappa shape index (κ3) is 10.6. The van der Waals surface area contributed by atoms with Crippen molar-refractivity contribution >= 4 is 27.9 Å². The third-order valence-corrected chi connectivity index (χ3v) is 6.53. The van der Waals surface area contributed by atoms with Gasteiger partial charge in [0.2, 0.25) is 21.8 Å². The molecule has 0 saturated carbocycles. The van der Waals surface area contributed by atoms with Crippen LogP contribution in [0.5, 0.6) is 0 Å². The van der Waals surface area contributed by atoms with Gasteiger partial charge < -0.3 is 25.9 Å². The van der Waals surface area contributed by atoms with Gasteiger partial charge in [-0.05, 0) is 41.7 Å². The molecule has 0 aliphatic rings. The zero-order valence-corrected chi connectivity index (χ0v) is 23.4. The second-order valence-electron chi connectivity index (χ2n) is 9.61. The number of amides is 2. The van der Waals surface area contributed by atoms with E-state index >= 15 is 0 Å². The number of sulfonamides is 1. The van der Waals surface area contributed by atoms with E-state index in [1.54, 1.807) is 0 Å². The van der Waals surface area contributed by atoms with Gasteiger partial charge in [0.05, 0.1) is 36.9 Å². The Morgan fingerprint density at radius 3 is 2.39 bits per heavy atom. The summed E-state index contributed by atoms with van der Waals surface area (Å²) in [4.78, 5) is 28.4. The summed E-state index contributed by atoms with van der Waals surface area (Å²) in [5, 5.41) is 16.7. The van der Waals surface area contributed by atoms with E-state index in [4.69, 9.17) is 10.2 Å². The highest BCUT2D eigenvalue weighted by atomic mass is 32.2. The number of halogens is 2. The number of aromatic nitrogens is 1. The summed E-state index contributed by atoms with van der Waals surface area (Å²) in [6.45, 7) is 2.52. The number of rotatable bonds is 15. The maximum atomic E-state index is 13.8. The number of nitrogens with one attached hydrogen (secondary N) is 3. The van der Waals surface area contributed by atoms with E-state index in [2.05, 4.69) is 15.6 Å². The number of hydrogen-bond donors (Lipinski definition) is 5. The molecule has 0 unspecified atom stereocenters. The van der Waals surface area contributed by atoms with Gasteiger partial charge in [0, 0.05) is 19.2 Å². The van der Waals surface area contributed by atoms with Gasteiger partial charge in [0.25, 0.3) is 0 Å². The van der Waals surface area contributed by atoms with Crippen LogP contribution in [0, 0.1) is 11.6 Å². The van der Waals surface area contributed by atoms with Crippen LogP contribution in [-0.4, -0.2) is 55.3 Å². The van der Waals surface area contributed by atoms with Crippen LogP contribution in [0.4, 0.5) is 14.8 Å². The predicted octanol–water partition coefficient (Wildman–Crippen LogP) is 1.34. The first-order valence-electron chi connectivity index (χ1n) is 12.8.